The van der Waals surface area contributed by atoms with Gasteiger partial charge in [-0.25, -0.2) is 0 Å². The van der Waals surface area contributed by atoms with Crippen LogP contribution in [0.4, 0.5) is 0 Å². The fraction of sp³-hybridized carbons (Fsp3) is 0.583. The number of furan rings is 1. The van der Waals surface area contributed by atoms with Crippen molar-refractivity contribution in [1.82, 2.24) is 9.80 Å². The van der Waals surface area contributed by atoms with Crippen LogP contribution in [0.1, 0.15) is 24.4 Å². The van der Waals surface area contributed by atoms with Gasteiger partial charge < -0.3 is 9.32 Å². The second-order valence-corrected chi connectivity index (χ2v) is 4.40. The molecule has 88 valence electrons. The molecule has 4 nitrogen and oxygen atoms in total. The van der Waals surface area contributed by atoms with Gasteiger partial charge in [0.2, 0.25) is 0 Å². The van der Waals surface area contributed by atoms with Crippen LogP contribution < -0.4 is 0 Å². The van der Waals surface area contributed by atoms with E-state index < -0.39 is 0 Å². The van der Waals surface area contributed by atoms with Gasteiger partial charge in [-0.3, -0.25) is 9.69 Å². The van der Waals surface area contributed by atoms with E-state index in [1.807, 2.05) is 4.90 Å². The summed E-state index contributed by atoms with van der Waals surface area (Å²) in [6.07, 6.45) is 1.54. The first kappa shape index (κ1) is 11.2. The Bertz CT molecular complexity index is 338. The van der Waals surface area contributed by atoms with Gasteiger partial charge in [0.15, 0.2) is 5.76 Å². The number of piperazine rings is 1. The molecule has 4 heteroatoms. The number of carbonyl (C=O) groups excluding carboxylic acids is 1. The first-order chi connectivity index (χ1) is 7.68. The minimum atomic E-state index is 0.00778. The Morgan fingerprint density at radius 2 is 2.00 bits per heavy atom. The Morgan fingerprint density at radius 1 is 1.31 bits per heavy atom. The van der Waals surface area contributed by atoms with E-state index in [1.54, 1.807) is 12.1 Å². The molecule has 0 saturated carbocycles. The molecule has 1 aliphatic rings. The van der Waals surface area contributed by atoms with Crippen LogP contribution in [-0.2, 0) is 0 Å². The number of carbonyl (C=O) groups is 1. The maximum absolute atomic E-state index is 12.0. The standard InChI is InChI=1S/C12H18N2O2/c1-10(2)13-5-7-14(8-6-13)12(15)11-4-3-9-16-11/h3-4,9-10H,5-8H2,1-2H3. The highest BCUT2D eigenvalue weighted by atomic mass is 16.3. The van der Waals surface area contributed by atoms with Gasteiger partial charge in [-0.15, -0.1) is 0 Å². The van der Waals surface area contributed by atoms with Crippen LogP contribution in [0.5, 0.6) is 0 Å². The predicted molar refractivity (Wildman–Crippen MR) is 61.3 cm³/mol. The van der Waals surface area contributed by atoms with Crippen molar-refractivity contribution in [2.24, 2.45) is 0 Å². The van der Waals surface area contributed by atoms with Gasteiger partial charge in [0.25, 0.3) is 5.91 Å². The minimum Gasteiger partial charge on any atom is -0.459 e. The fourth-order valence-corrected chi connectivity index (χ4v) is 2.00. The smallest absolute Gasteiger partial charge is 0.289 e. The summed E-state index contributed by atoms with van der Waals surface area (Å²) >= 11 is 0. The predicted octanol–water partition coefficient (Wildman–Crippen LogP) is 1.45. The highest BCUT2D eigenvalue weighted by molar-refractivity contribution is 5.91. The molecule has 1 fully saturated rings. The average Bonchev–Trinajstić information content (AvgIpc) is 2.81. The third kappa shape index (κ3) is 2.27. The number of rotatable bonds is 2. The summed E-state index contributed by atoms with van der Waals surface area (Å²) in [5, 5.41) is 0. The molecule has 0 atom stereocenters. The molecule has 0 N–H and O–H groups in total. The zero-order chi connectivity index (χ0) is 11.5. The molecular formula is C12H18N2O2. The van der Waals surface area contributed by atoms with Crippen molar-refractivity contribution in [2.45, 2.75) is 19.9 Å². The Hall–Kier alpha value is -1.29. The monoisotopic (exact) mass is 222 g/mol. The van der Waals surface area contributed by atoms with Gasteiger partial charge in [0.05, 0.1) is 6.26 Å². The molecule has 1 aromatic rings. The van der Waals surface area contributed by atoms with Crippen LogP contribution in [-0.4, -0.2) is 47.9 Å². The van der Waals surface area contributed by atoms with E-state index in [1.165, 1.54) is 6.26 Å². The summed E-state index contributed by atoms with van der Waals surface area (Å²) in [4.78, 5) is 16.2. The van der Waals surface area contributed by atoms with Crippen molar-refractivity contribution in [3.63, 3.8) is 0 Å². The Balaban J connectivity index is 1.92. The molecule has 1 amide bonds. The quantitative estimate of drug-likeness (QED) is 0.760. The van der Waals surface area contributed by atoms with Crippen LogP contribution >= 0.6 is 0 Å². The molecule has 0 aliphatic carbocycles. The zero-order valence-electron chi connectivity index (χ0n) is 9.85. The minimum absolute atomic E-state index is 0.00778. The van der Waals surface area contributed by atoms with E-state index in [-0.39, 0.29) is 5.91 Å². The third-order valence-electron chi connectivity index (χ3n) is 3.06. The first-order valence-electron chi connectivity index (χ1n) is 5.75. The van der Waals surface area contributed by atoms with Gasteiger partial charge in [-0.1, -0.05) is 0 Å². The van der Waals surface area contributed by atoms with E-state index >= 15 is 0 Å². The van der Waals surface area contributed by atoms with E-state index in [9.17, 15) is 4.79 Å². The number of amides is 1. The van der Waals surface area contributed by atoms with Gasteiger partial charge in [0, 0.05) is 32.2 Å². The van der Waals surface area contributed by atoms with Crippen molar-refractivity contribution in [1.29, 1.82) is 0 Å². The van der Waals surface area contributed by atoms with E-state index in [4.69, 9.17) is 4.42 Å². The van der Waals surface area contributed by atoms with Gasteiger partial charge in [-0.2, -0.15) is 0 Å². The Morgan fingerprint density at radius 3 is 2.50 bits per heavy atom. The van der Waals surface area contributed by atoms with E-state index in [2.05, 4.69) is 18.7 Å². The lowest BCUT2D eigenvalue weighted by Crippen LogP contribution is -2.50. The van der Waals surface area contributed by atoms with Crippen molar-refractivity contribution >= 4 is 5.91 Å². The van der Waals surface area contributed by atoms with Crippen LogP contribution in [0.15, 0.2) is 22.8 Å². The summed E-state index contributed by atoms with van der Waals surface area (Å²) in [5.74, 6) is 0.450. The molecule has 1 saturated heterocycles. The topological polar surface area (TPSA) is 36.7 Å². The van der Waals surface area contributed by atoms with Crippen molar-refractivity contribution in [2.75, 3.05) is 26.2 Å². The molecule has 1 aliphatic heterocycles. The van der Waals surface area contributed by atoms with Crippen molar-refractivity contribution < 1.29 is 9.21 Å². The van der Waals surface area contributed by atoms with Crippen LogP contribution in [0, 0.1) is 0 Å². The maximum Gasteiger partial charge on any atom is 0.289 e. The molecule has 0 aromatic carbocycles. The van der Waals surface area contributed by atoms with Gasteiger partial charge in [0.1, 0.15) is 0 Å². The van der Waals surface area contributed by atoms with Gasteiger partial charge in [-0.05, 0) is 26.0 Å². The first-order valence-corrected chi connectivity index (χ1v) is 5.75. The van der Waals surface area contributed by atoms with Crippen LogP contribution in [0.2, 0.25) is 0 Å². The summed E-state index contributed by atoms with van der Waals surface area (Å²) in [6.45, 7) is 7.84. The highest BCUT2D eigenvalue weighted by Gasteiger charge is 2.24. The van der Waals surface area contributed by atoms with Crippen LogP contribution in [0.25, 0.3) is 0 Å². The lowest BCUT2D eigenvalue weighted by atomic mass is 10.2. The lowest BCUT2D eigenvalue weighted by molar-refractivity contribution is 0.0566. The molecule has 2 rings (SSSR count). The molecular weight excluding hydrogens is 204 g/mol. The Labute approximate surface area is 95.8 Å². The third-order valence-corrected chi connectivity index (χ3v) is 3.06. The second-order valence-electron chi connectivity index (χ2n) is 4.40. The second kappa shape index (κ2) is 4.70. The maximum atomic E-state index is 12.0. The average molecular weight is 222 g/mol. The number of hydrogen-bond acceptors (Lipinski definition) is 3. The summed E-state index contributed by atoms with van der Waals surface area (Å²) in [6, 6.07) is 4.02. The summed E-state index contributed by atoms with van der Waals surface area (Å²) in [5.41, 5.74) is 0. The normalized spacial score (nSPS) is 18.1. The molecule has 0 radical (unpaired) electrons. The molecule has 0 bridgehead atoms. The Kier molecular flexibility index (Phi) is 3.29. The SMILES string of the molecule is CC(C)N1CCN(C(=O)c2ccco2)CC1. The zero-order valence-corrected chi connectivity index (χ0v) is 9.85. The van der Waals surface area contributed by atoms with Crippen LogP contribution in [0.3, 0.4) is 0 Å². The van der Waals surface area contributed by atoms with E-state index in [0.29, 0.717) is 11.8 Å². The van der Waals surface area contributed by atoms with Gasteiger partial charge >= 0.3 is 0 Å². The van der Waals surface area contributed by atoms with Crippen molar-refractivity contribution in [3.8, 4) is 0 Å². The number of nitrogens with zero attached hydrogens (tertiary/aromatic N) is 2. The lowest BCUT2D eigenvalue weighted by Gasteiger charge is -2.36. The highest BCUT2D eigenvalue weighted by Crippen LogP contribution is 2.10. The molecule has 2 heterocycles. The summed E-state index contributed by atoms with van der Waals surface area (Å²) < 4.78 is 5.12. The largest absolute Gasteiger partial charge is 0.459 e. The molecule has 16 heavy (non-hydrogen) atoms. The molecule has 0 unspecified atom stereocenters. The molecule has 1 aromatic heterocycles. The molecule has 0 spiro atoms. The van der Waals surface area contributed by atoms with E-state index in [0.717, 1.165) is 26.2 Å². The van der Waals surface area contributed by atoms with Crippen molar-refractivity contribution in [3.05, 3.63) is 24.2 Å². The fourth-order valence-electron chi connectivity index (χ4n) is 2.00. The number of hydrogen-bond donors (Lipinski definition) is 0. The summed E-state index contributed by atoms with van der Waals surface area (Å²) in [7, 11) is 0.